The number of rotatable bonds is 4. The molecule has 4 rings (SSSR count). The number of likely N-dealkylation sites (N-methyl/N-ethyl adjacent to an activating group) is 1. The standard InChI is InChI=1S/C28H38N4O5S/c1-17(30(7)26(36)37-27(2,3)4)23(33)29-19-13-15-38-21-16-28(5,6)22(32(21)24(19)34)25(35)31-14-12-18-10-8-9-11-20(18)31/h8-12,14,17,19,21-22H,13,15-16H2,1-7H3,(H,29,33)/t17-,19-,21-,22-/m0/s1. The van der Waals surface area contributed by atoms with Gasteiger partial charge in [0, 0.05) is 18.6 Å². The Hall–Kier alpha value is -3.01. The SMILES string of the molecule is C[C@@H](C(=O)N[C@H]1CCS[C@H]2CC(C)(C)[C@H](C(=O)n3ccc4ccccc43)N2C1=O)N(C)C(=O)OC(C)(C)C. The van der Waals surface area contributed by atoms with E-state index in [1.807, 2.05) is 44.2 Å². The van der Waals surface area contributed by atoms with Crippen molar-refractivity contribution in [1.82, 2.24) is 19.7 Å². The molecule has 10 heteroatoms. The Morgan fingerprint density at radius 2 is 1.87 bits per heavy atom. The second-order valence-corrected chi connectivity index (χ2v) is 13.2. The predicted molar refractivity (Wildman–Crippen MR) is 148 cm³/mol. The van der Waals surface area contributed by atoms with Crippen LogP contribution in [0.1, 0.15) is 59.2 Å². The lowest BCUT2D eigenvalue weighted by atomic mass is 9.84. The number of hydrogen-bond acceptors (Lipinski definition) is 6. The molecule has 2 aromatic rings. The number of aromatic nitrogens is 1. The van der Waals surface area contributed by atoms with E-state index in [0.29, 0.717) is 18.6 Å². The molecule has 9 nitrogen and oxygen atoms in total. The minimum atomic E-state index is -0.844. The molecule has 1 aromatic carbocycles. The summed E-state index contributed by atoms with van der Waals surface area (Å²) in [5, 5.41) is 3.66. The molecule has 1 aromatic heterocycles. The number of amides is 3. The Morgan fingerprint density at radius 1 is 1.18 bits per heavy atom. The second kappa shape index (κ2) is 10.3. The molecule has 0 aliphatic carbocycles. The summed E-state index contributed by atoms with van der Waals surface area (Å²) in [7, 11) is 1.50. The molecule has 206 valence electrons. The fraction of sp³-hybridized carbons (Fsp3) is 0.571. The van der Waals surface area contributed by atoms with Crippen LogP contribution in [-0.4, -0.2) is 80.1 Å². The van der Waals surface area contributed by atoms with Crippen molar-refractivity contribution in [1.29, 1.82) is 0 Å². The van der Waals surface area contributed by atoms with Crippen LogP contribution >= 0.6 is 11.8 Å². The summed E-state index contributed by atoms with van der Waals surface area (Å²) in [6.07, 6.45) is 2.27. The highest BCUT2D eigenvalue weighted by Gasteiger charge is 2.54. The topological polar surface area (TPSA) is 101 Å². The molecule has 1 N–H and O–H groups in total. The zero-order valence-corrected chi connectivity index (χ0v) is 24.0. The molecular formula is C28H38N4O5S. The van der Waals surface area contributed by atoms with E-state index in [9.17, 15) is 19.2 Å². The molecule has 2 saturated heterocycles. The number of carbonyl (C=O) groups is 4. The van der Waals surface area contributed by atoms with Gasteiger partial charge in [0.05, 0.1) is 10.9 Å². The second-order valence-electron chi connectivity index (χ2n) is 11.9. The maximum absolute atomic E-state index is 14.0. The van der Waals surface area contributed by atoms with E-state index in [4.69, 9.17) is 4.74 Å². The van der Waals surface area contributed by atoms with Gasteiger partial charge in [-0.25, -0.2) is 4.79 Å². The van der Waals surface area contributed by atoms with Crippen molar-refractivity contribution < 1.29 is 23.9 Å². The van der Waals surface area contributed by atoms with Crippen LogP contribution in [0.3, 0.4) is 0 Å². The smallest absolute Gasteiger partial charge is 0.410 e. The molecule has 2 aliphatic heterocycles. The lowest BCUT2D eigenvalue weighted by molar-refractivity contribution is -0.138. The molecule has 0 radical (unpaired) electrons. The predicted octanol–water partition coefficient (Wildman–Crippen LogP) is 4.11. The van der Waals surface area contributed by atoms with Crippen molar-refractivity contribution in [3.63, 3.8) is 0 Å². The molecule has 2 aliphatic rings. The van der Waals surface area contributed by atoms with Crippen LogP contribution in [0, 0.1) is 5.41 Å². The van der Waals surface area contributed by atoms with E-state index >= 15 is 0 Å². The summed E-state index contributed by atoms with van der Waals surface area (Å²) in [4.78, 5) is 56.4. The molecule has 0 bridgehead atoms. The Kier molecular flexibility index (Phi) is 7.58. The van der Waals surface area contributed by atoms with Gasteiger partial charge in [0.1, 0.15) is 23.7 Å². The summed E-state index contributed by atoms with van der Waals surface area (Å²) >= 11 is 1.65. The van der Waals surface area contributed by atoms with Crippen molar-refractivity contribution in [2.24, 2.45) is 5.41 Å². The van der Waals surface area contributed by atoms with Crippen LogP contribution in [0.25, 0.3) is 10.9 Å². The Labute approximate surface area is 228 Å². The first-order valence-electron chi connectivity index (χ1n) is 13.0. The summed E-state index contributed by atoms with van der Waals surface area (Å²) in [6.45, 7) is 10.9. The van der Waals surface area contributed by atoms with Gasteiger partial charge in [-0.2, -0.15) is 0 Å². The number of nitrogens with one attached hydrogen (secondary N) is 1. The molecular weight excluding hydrogens is 504 g/mol. The minimum absolute atomic E-state index is 0.155. The van der Waals surface area contributed by atoms with Gasteiger partial charge in [0.15, 0.2) is 0 Å². The first kappa shape index (κ1) is 28.0. The van der Waals surface area contributed by atoms with Crippen molar-refractivity contribution in [2.75, 3.05) is 12.8 Å². The number of benzene rings is 1. The normalized spacial score (nSPS) is 23.9. The van der Waals surface area contributed by atoms with E-state index in [-0.39, 0.29) is 17.2 Å². The van der Waals surface area contributed by atoms with Crippen LogP contribution in [0.15, 0.2) is 36.5 Å². The molecule has 0 spiro atoms. The summed E-state index contributed by atoms with van der Waals surface area (Å²) in [5.74, 6) is -0.200. The van der Waals surface area contributed by atoms with Gasteiger partial charge < -0.3 is 15.0 Å². The third-order valence-corrected chi connectivity index (χ3v) is 8.58. The van der Waals surface area contributed by atoms with Crippen molar-refractivity contribution in [3.8, 4) is 0 Å². The monoisotopic (exact) mass is 542 g/mol. The third-order valence-electron chi connectivity index (χ3n) is 7.33. The highest BCUT2D eigenvalue weighted by atomic mass is 32.2. The molecule has 0 unspecified atom stereocenters. The summed E-state index contributed by atoms with van der Waals surface area (Å²) in [6, 6.07) is 7.26. The first-order chi connectivity index (χ1) is 17.7. The van der Waals surface area contributed by atoms with Gasteiger partial charge in [0.25, 0.3) is 5.91 Å². The lowest BCUT2D eigenvalue weighted by Crippen LogP contribution is -2.57. The molecule has 0 saturated carbocycles. The Balaban J connectivity index is 1.55. The highest BCUT2D eigenvalue weighted by Crippen LogP contribution is 2.47. The van der Waals surface area contributed by atoms with E-state index in [1.165, 1.54) is 11.9 Å². The zero-order valence-electron chi connectivity index (χ0n) is 23.2. The first-order valence-corrected chi connectivity index (χ1v) is 14.1. The van der Waals surface area contributed by atoms with Gasteiger partial charge in [-0.3, -0.25) is 23.9 Å². The molecule has 38 heavy (non-hydrogen) atoms. The van der Waals surface area contributed by atoms with Crippen LogP contribution in [-0.2, 0) is 14.3 Å². The van der Waals surface area contributed by atoms with Crippen molar-refractivity contribution in [3.05, 3.63) is 36.5 Å². The number of nitrogens with zero attached hydrogens (tertiary/aromatic N) is 3. The minimum Gasteiger partial charge on any atom is -0.444 e. The number of carbonyl (C=O) groups excluding carboxylic acids is 4. The average molecular weight is 543 g/mol. The van der Waals surface area contributed by atoms with E-state index < -0.39 is 41.1 Å². The number of hydrogen-bond donors (Lipinski definition) is 1. The van der Waals surface area contributed by atoms with Gasteiger partial charge in [-0.1, -0.05) is 32.0 Å². The van der Waals surface area contributed by atoms with Crippen molar-refractivity contribution in [2.45, 2.75) is 83.5 Å². The fourth-order valence-electron chi connectivity index (χ4n) is 5.19. The average Bonchev–Trinajstić information content (AvgIpc) is 3.34. The Morgan fingerprint density at radius 3 is 2.55 bits per heavy atom. The number of thioether (sulfide) groups is 1. The fourth-order valence-corrected chi connectivity index (χ4v) is 6.77. The molecule has 3 amide bonds. The van der Waals surface area contributed by atoms with E-state index in [0.717, 1.165) is 10.9 Å². The van der Waals surface area contributed by atoms with Crippen LogP contribution in [0.5, 0.6) is 0 Å². The third kappa shape index (κ3) is 5.41. The lowest BCUT2D eigenvalue weighted by Gasteiger charge is -2.34. The van der Waals surface area contributed by atoms with Crippen molar-refractivity contribution >= 4 is 46.5 Å². The van der Waals surface area contributed by atoms with Crippen LogP contribution in [0.4, 0.5) is 4.79 Å². The highest BCUT2D eigenvalue weighted by molar-refractivity contribution is 7.99. The molecule has 2 fully saturated rings. The van der Waals surface area contributed by atoms with Crippen LogP contribution in [0.2, 0.25) is 0 Å². The van der Waals surface area contributed by atoms with Gasteiger partial charge >= 0.3 is 6.09 Å². The number of ether oxygens (including phenoxy) is 1. The Bertz CT molecular complexity index is 1250. The van der Waals surface area contributed by atoms with E-state index in [2.05, 4.69) is 5.32 Å². The summed E-state index contributed by atoms with van der Waals surface area (Å²) in [5.41, 5.74) is -0.345. The van der Waals surface area contributed by atoms with Gasteiger partial charge in [-0.15, -0.1) is 11.8 Å². The van der Waals surface area contributed by atoms with E-state index in [1.54, 1.807) is 55.1 Å². The number of fused-ring (bicyclic) bond motifs is 2. The largest absolute Gasteiger partial charge is 0.444 e. The van der Waals surface area contributed by atoms with Crippen LogP contribution < -0.4 is 5.32 Å². The maximum Gasteiger partial charge on any atom is 0.410 e. The quantitative estimate of drug-likeness (QED) is 0.624. The summed E-state index contributed by atoms with van der Waals surface area (Å²) < 4.78 is 7.01. The zero-order chi connectivity index (χ0) is 28.0. The van der Waals surface area contributed by atoms with Gasteiger partial charge in [-0.05, 0) is 63.8 Å². The number of para-hydroxylation sites is 1. The maximum atomic E-state index is 14.0. The molecule has 4 atom stereocenters. The van der Waals surface area contributed by atoms with Gasteiger partial charge in [0.2, 0.25) is 11.8 Å². The molecule has 3 heterocycles.